The van der Waals surface area contributed by atoms with E-state index in [1.807, 2.05) is 0 Å². The number of nitrogens with zero attached hydrogens (tertiary/aromatic N) is 3. The van der Waals surface area contributed by atoms with E-state index in [-0.39, 0.29) is 51.0 Å². The van der Waals surface area contributed by atoms with E-state index in [1.165, 1.54) is 29.8 Å². The molecule has 2 aromatic carbocycles. The summed E-state index contributed by atoms with van der Waals surface area (Å²) in [5.74, 6) is -5.10. The molecule has 0 bridgehead atoms. The summed E-state index contributed by atoms with van der Waals surface area (Å²) in [7, 11) is 1.39. The maximum atomic E-state index is 14.6. The highest BCUT2D eigenvalue weighted by molar-refractivity contribution is 6.34. The second-order valence-corrected chi connectivity index (χ2v) is 9.38. The number of halogens is 5. The zero-order valence-electron chi connectivity index (χ0n) is 20.8. The molecule has 0 atom stereocenters. The number of alkyl halides is 2. The van der Waals surface area contributed by atoms with Gasteiger partial charge < -0.3 is 19.5 Å². The van der Waals surface area contributed by atoms with Crippen molar-refractivity contribution in [1.29, 1.82) is 0 Å². The van der Waals surface area contributed by atoms with E-state index in [1.54, 1.807) is 11.8 Å². The molecule has 206 valence electrons. The molecule has 39 heavy (non-hydrogen) atoms. The van der Waals surface area contributed by atoms with Crippen LogP contribution in [-0.4, -0.2) is 51.7 Å². The third kappa shape index (κ3) is 5.90. The third-order valence-electron chi connectivity index (χ3n) is 6.54. The number of hydrogen-bond acceptors (Lipinski definition) is 5. The zero-order valence-corrected chi connectivity index (χ0v) is 21.6. The number of rotatable bonds is 7. The van der Waals surface area contributed by atoms with E-state index >= 15 is 0 Å². The summed E-state index contributed by atoms with van der Waals surface area (Å²) in [5, 5.41) is 2.69. The number of hydrogen-bond donors (Lipinski definition) is 1. The number of anilines is 1. The Morgan fingerprint density at radius 3 is 2.41 bits per heavy atom. The lowest BCUT2D eigenvalue weighted by Crippen LogP contribution is -2.40. The summed E-state index contributed by atoms with van der Waals surface area (Å²) in [6, 6.07) is 6.24. The van der Waals surface area contributed by atoms with Gasteiger partial charge in [-0.2, -0.15) is 13.2 Å². The Hall–Kier alpha value is -3.93. The first-order valence-electron chi connectivity index (χ1n) is 11.8. The molecule has 0 spiro atoms. The van der Waals surface area contributed by atoms with Crippen LogP contribution in [0.1, 0.15) is 40.7 Å². The van der Waals surface area contributed by atoms with Gasteiger partial charge >= 0.3 is 6.61 Å². The van der Waals surface area contributed by atoms with E-state index in [0.29, 0.717) is 25.9 Å². The van der Waals surface area contributed by atoms with Gasteiger partial charge in [0.15, 0.2) is 17.4 Å². The molecule has 0 saturated carbocycles. The number of aromatic nitrogens is 2. The van der Waals surface area contributed by atoms with Gasteiger partial charge in [-0.15, -0.1) is 0 Å². The van der Waals surface area contributed by atoms with Gasteiger partial charge in [-0.3, -0.25) is 14.4 Å². The van der Waals surface area contributed by atoms with Crippen LogP contribution in [0.4, 0.5) is 23.2 Å². The lowest BCUT2D eigenvalue weighted by atomic mass is 9.93. The van der Waals surface area contributed by atoms with Crippen molar-refractivity contribution in [3.8, 4) is 17.0 Å². The quantitative estimate of drug-likeness (QED) is 0.391. The average Bonchev–Trinajstić information content (AvgIpc) is 3.27. The molecule has 1 aromatic heterocycles. The first-order chi connectivity index (χ1) is 18.5. The number of ether oxygens (including phenoxy) is 1. The van der Waals surface area contributed by atoms with Crippen molar-refractivity contribution in [1.82, 2.24) is 14.5 Å². The zero-order chi connectivity index (χ0) is 28.4. The summed E-state index contributed by atoms with van der Waals surface area (Å²) in [6.45, 7) is -0.915. The number of imidazole rings is 1. The molecule has 2 amide bonds. The Labute approximate surface area is 225 Å². The molecular formula is C26H23ClF4N4O4. The van der Waals surface area contributed by atoms with Crippen molar-refractivity contribution >= 4 is 34.9 Å². The Kier molecular flexibility index (Phi) is 8.24. The second-order valence-electron chi connectivity index (χ2n) is 8.97. The van der Waals surface area contributed by atoms with Crippen LogP contribution in [0, 0.1) is 17.6 Å². The number of benzene rings is 2. The fraction of sp³-hybridized carbons (Fsp3) is 0.308. The minimum Gasteiger partial charge on any atom is -0.432 e. The monoisotopic (exact) mass is 566 g/mol. The van der Waals surface area contributed by atoms with Gasteiger partial charge in [0.2, 0.25) is 5.82 Å². The number of nitrogens with one attached hydrogen (secondary N) is 1. The largest absolute Gasteiger partial charge is 0.432 e. The van der Waals surface area contributed by atoms with Crippen molar-refractivity contribution in [3.05, 3.63) is 64.6 Å². The number of amides is 2. The van der Waals surface area contributed by atoms with Crippen LogP contribution in [-0.2, 0) is 11.8 Å². The lowest BCUT2D eigenvalue weighted by molar-refractivity contribution is -0.121. The number of carbonyl (C=O) groups excluding carboxylic acids is 3. The molecule has 13 heteroatoms. The molecule has 0 aliphatic carbocycles. The maximum absolute atomic E-state index is 14.6. The first-order valence-corrected chi connectivity index (χ1v) is 12.2. The summed E-state index contributed by atoms with van der Waals surface area (Å²) in [5.41, 5.74) is 0.188. The van der Waals surface area contributed by atoms with Crippen LogP contribution < -0.4 is 10.1 Å². The van der Waals surface area contributed by atoms with Gasteiger partial charge in [-0.1, -0.05) is 11.6 Å². The molecule has 8 nitrogen and oxygen atoms in total. The van der Waals surface area contributed by atoms with Crippen molar-refractivity contribution in [2.45, 2.75) is 26.4 Å². The summed E-state index contributed by atoms with van der Waals surface area (Å²) in [6.07, 6.45) is 2.30. The van der Waals surface area contributed by atoms with Crippen LogP contribution in [0.5, 0.6) is 5.75 Å². The third-order valence-corrected chi connectivity index (χ3v) is 6.86. The standard InChI is InChI=1S/C26H23ClF4N4O4/c1-13(36)14-7-9-35(10-8-14)25(38)16-4-3-15(11-18(16)27)33-24(37)23-32-12-19(34(23)2)17-5-6-20(39-26(30)31)22(29)21(17)28/h3-6,11-12,14,26H,7-10H2,1-2H3,(H,33,37). The highest BCUT2D eigenvalue weighted by Crippen LogP contribution is 2.31. The molecule has 3 aromatic rings. The van der Waals surface area contributed by atoms with Crippen molar-refractivity contribution in [2.24, 2.45) is 13.0 Å². The average molecular weight is 567 g/mol. The van der Waals surface area contributed by atoms with Crippen LogP contribution in [0.15, 0.2) is 36.5 Å². The maximum Gasteiger partial charge on any atom is 0.387 e. The fourth-order valence-corrected chi connectivity index (χ4v) is 4.66. The van der Waals surface area contributed by atoms with Gasteiger partial charge in [0.1, 0.15) is 5.78 Å². The molecule has 4 rings (SSSR count). The van der Waals surface area contributed by atoms with Crippen molar-refractivity contribution < 1.29 is 36.7 Å². The van der Waals surface area contributed by atoms with E-state index in [0.717, 1.165) is 18.3 Å². The molecule has 1 aliphatic heterocycles. The summed E-state index contributed by atoms with van der Waals surface area (Å²) in [4.78, 5) is 42.9. The molecule has 0 unspecified atom stereocenters. The van der Waals surface area contributed by atoms with Gasteiger partial charge in [-0.05, 0) is 50.1 Å². The van der Waals surface area contributed by atoms with Crippen LogP contribution in [0.2, 0.25) is 5.02 Å². The Morgan fingerprint density at radius 1 is 1.10 bits per heavy atom. The fourth-order valence-electron chi connectivity index (χ4n) is 4.40. The SMILES string of the molecule is CC(=O)C1CCN(C(=O)c2ccc(NC(=O)c3ncc(-c4ccc(OC(F)F)c(F)c4F)n3C)cc2Cl)CC1. The number of likely N-dealkylation sites (tertiary alicyclic amines) is 1. The van der Waals surface area contributed by atoms with Crippen LogP contribution in [0.3, 0.4) is 0 Å². The first kappa shape index (κ1) is 28.1. The smallest absolute Gasteiger partial charge is 0.387 e. The highest BCUT2D eigenvalue weighted by Gasteiger charge is 2.27. The highest BCUT2D eigenvalue weighted by atomic mass is 35.5. The molecule has 1 aliphatic rings. The van der Waals surface area contributed by atoms with Gasteiger partial charge in [-0.25, -0.2) is 9.37 Å². The van der Waals surface area contributed by atoms with Crippen LogP contribution in [0.25, 0.3) is 11.3 Å². The van der Waals surface area contributed by atoms with Gasteiger partial charge in [0.25, 0.3) is 11.8 Å². The Bertz CT molecular complexity index is 1440. The molecule has 1 N–H and O–H groups in total. The van der Waals surface area contributed by atoms with E-state index in [4.69, 9.17) is 11.6 Å². The number of Topliss-reactive ketones (excluding diaryl/α,β-unsaturated/α-hetero) is 1. The molecule has 1 fully saturated rings. The summed E-state index contributed by atoms with van der Waals surface area (Å²) < 4.78 is 58.7. The van der Waals surface area contributed by atoms with Crippen molar-refractivity contribution in [2.75, 3.05) is 18.4 Å². The van der Waals surface area contributed by atoms with E-state index in [2.05, 4.69) is 15.0 Å². The topological polar surface area (TPSA) is 93.5 Å². The molecule has 2 heterocycles. The van der Waals surface area contributed by atoms with E-state index < -0.39 is 29.9 Å². The summed E-state index contributed by atoms with van der Waals surface area (Å²) >= 11 is 6.34. The Morgan fingerprint density at radius 2 is 1.79 bits per heavy atom. The number of piperidine rings is 1. The minimum atomic E-state index is -3.33. The molecule has 0 radical (unpaired) electrons. The van der Waals surface area contributed by atoms with Crippen molar-refractivity contribution in [3.63, 3.8) is 0 Å². The normalized spacial score (nSPS) is 14.0. The van der Waals surface area contributed by atoms with E-state index in [9.17, 15) is 31.9 Å². The molecule has 1 saturated heterocycles. The number of carbonyl (C=O) groups is 3. The number of ketones is 1. The molecular weight excluding hydrogens is 544 g/mol. The van der Waals surface area contributed by atoms with Gasteiger partial charge in [0.05, 0.1) is 22.5 Å². The van der Waals surface area contributed by atoms with Crippen LogP contribution >= 0.6 is 11.6 Å². The lowest BCUT2D eigenvalue weighted by Gasteiger charge is -2.31. The predicted octanol–water partition coefficient (Wildman–Crippen LogP) is 5.31. The minimum absolute atomic E-state index is 0.00710. The van der Waals surface area contributed by atoms with Gasteiger partial charge in [0, 0.05) is 37.3 Å². The predicted molar refractivity (Wildman–Crippen MR) is 134 cm³/mol. The second kappa shape index (κ2) is 11.4. The Balaban J connectivity index is 1.48.